The van der Waals surface area contributed by atoms with Crippen molar-refractivity contribution in [2.75, 3.05) is 19.6 Å². The van der Waals surface area contributed by atoms with Crippen molar-refractivity contribution in [1.82, 2.24) is 10.2 Å². The van der Waals surface area contributed by atoms with E-state index in [1.165, 1.54) is 0 Å². The maximum atomic E-state index is 12.3. The summed E-state index contributed by atoms with van der Waals surface area (Å²) >= 11 is 0. The molecule has 0 radical (unpaired) electrons. The van der Waals surface area contributed by atoms with Gasteiger partial charge in [0.15, 0.2) is 0 Å². The van der Waals surface area contributed by atoms with Gasteiger partial charge in [0.2, 0.25) is 17.7 Å². The maximum absolute atomic E-state index is 12.3. The van der Waals surface area contributed by atoms with Crippen LogP contribution in [0.3, 0.4) is 0 Å². The topological polar surface area (TPSA) is 49.4 Å². The number of carbonyl (C=O) groups excluding carboxylic acids is 2. The molecule has 19 heavy (non-hydrogen) atoms. The number of hydrogen-bond donors (Lipinski definition) is 1. The number of nitrogens with zero attached hydrogens (tertiary/aromatic N) is 1. The molecule has 0 aromatic heterocycles. The summed E-state index contributed by atoms with van der Waals surface area (Å²) in [6, 6.07) is 0. The van der Waals surface area contributed by atoms with Gasteiger partial charge in [0.25, 0.3) is 0 Å². The lowest BCUT2D eigenvalue weighted by molar-refractivity contribution is -0.277. The van der Waals surface area contributed by atoms with Crippen molar-refractivity contribution < 1.29 is 35.9 Å². The van der Waals surface area contributed by atoms with Gasteiger partial charge in [-0.2, -0.15) is 26.3 Å². The van der Waals surface area contributed by atoms with E-state index in [9.17, 15) is 35.9 Å². The van der Waals surface area contributed by atoms with Gasteiger partial charge < -0.3 is 10.2 Å². The van der Waals surface area contributed by atoms with Crippen LogP contribution in [-0.4, -0.2) is 48.7 Å². The van der Waals surface area contributed by atoms with Crippen LogP contribution in [0.15, 0.2) is 0 Å². The molecule has 0 saturated carbocycles. The second kappa shape index (κ2) is 5.25. The highest BCUT2D eigenvalue weighted by Crippen LogP contribution is 2.40. The second-order valence-corrected chi connectivity index (χ2v) is 3.94. The van der Waals surface area contributed by atoms with Gasteiger partial charge in [-0.25, -0.2) is 0 Å². The Morgan fingerprint density at radius 3 is 2.11 bits per heavy atom. The predicted molar refractivity (Wildman–Crippen MR) is 49.8 cm³/mol. The third kappa shape index (κ3) is 4.00. The zero-order chi connectivity index (χ0) is 14.8. The molecule has 0 aromatic carbocycles. The highest BCUT2D eigenvalue weighted by atomic mass is 19.4. The third-order valence-electron chi connectivity index (χ3n) is 2.53. The van der Waals surface area contributed by atoms with Gasteiger partial charge in [0.05, 0.1) is 0 Å². The molecular formula is C9H10F6N2O2. The lowest BCUT2D eigenvalue weighted by atomic mass is 10.1. The van der Waals surface area contributed by atoms with Crippen molar-refractivity contribution in [3.63, 3.8) is 0 Å². The fraction of sp³-hybridized carbons (Fsp3) is 0.778. The van der Waals surface area contributed by atoms with Gasteiger partial charge in [0.1, 0.15) is 0 Å². The predicted octanol–water partition coefficient (Wildman–Crippen LogP) is 1.08. The first-order valence-electron chi connectivity index (χ1n) is 5.22. The number of carbonyl (C=O) groups is 2. The molecule has 0 aliphatic carbocycles. The number of hydrogen-bond acceptors (Lipinski definition) is 2. The standard InChI is InChI=1S/C9H10F6N2O2/c10-8(11,12)6(9(13,14)15)7(19)17-3-1-5(18)16-2-4-17/h6H,1-4H2,(H,16,18). The molecule has 1 heterocycles. The van der Waals surface area contributed by atoms with Crippen LogP contribution in [0.25, 0.3) is 0 Å². The van der Waals surface area contributed by atoms with Crippen LogP contribution in [0.2, 0.25) is 0 Å². The van der Waals surface area contributed by atoms with Gasteiger partial charge in [0, 0.05) is 26.1 Å². The summed E-state index contributed by atoms with van der Waals surface area (Å²) in [4.78, 5) is 22.7. The van der Waals surface area contributed by atoms with Crippen LogP contribution in [0.4, 0.5) is 26.3 Å². The van der Waals surface area contributed by atoms with E-state index in [1.807, 2.05) is 0 Å². The Kier molecular flexibility index (Phi) is 4.31. The van der Waals surface area contributed by atoms with Crippen molar-refractivity contribution >= 4 is 11.8 Å². The molecule has 110 valence electrons. The Morgan fingerprint density at radius 1 is 1.11 bits per heavy atom. The minimum Gasteiger partial charge on any atom is -0.354 e. The summed E-state index contributed by atoms with van der Waals surface area (Å²) in [5, 5.41) is 2.25. The summed E-state index contributed by atoms with van der Waals surface area (Å²) in [5.74, 6) is -6.64. The van der Waals surface area contributed by atoms with Gasteiger partial charge >= 0.3 is 12.4 Å². The Hall–Kier alpha value is -1.48. The van der Waals surface area contributed by atoms with E-state index in [4.69, 9.17) is 0 Å². The van der Waals surface area contributed by atoms with Gasteiger partial charge in [-0.05, 0) is 0 Å². The lowest BCUT2D eigenvalue weighted by Gasteiger charge is -2.28. The summed E-state index contributed by atoms with van der Waals surface area (Å²) in [6.45, 7) is -1.02. The second-order valence-electron chi connectivity index (χ2n) is 3.94. The number of halogens is 6. The molecule has 1 rings (SSSR count). The molecule has 10 heteroatoms. The Balaban J connectivity index is 2.91. The Bertz CT molecular complexity index is 351. The molecule has 1 aliphatic heterocycles. The number of alkyl halides is 6. The van der Waals surface area contributed by atoms with Crippen molar-refractivity contribution in [1.29, 1.82) is 0 Å². The molecule has 4 nitrogen and oxygen atoms in total. The molecule has 1 fully saturated rings. The molecular weight excluding hydrogens is 282 g/mol. The zero-order valence-electron chi connectivity index (χ0n) is 9.44. The van der Waals surface area contributed by atoms with E-state index in [2.05, 4.69) is 5.32 Å². The zero-order valence-corrected chi connectivity index (χ0v) is 9.44. The molecule has 1 saturated heterocycles. The average molecular weight is 292 g/mol. The fourth-order valence-electron chi connectivity index (χ4n) is 1.64. The first-order chi connectivity index (χ1) is 8.53. The molecule has 1 N–H and O–H groups in total. The molecule has 0 spiro atoms. The Labute approximate surface area is 103 Å². The van der Waals surface area contributed by atoms with Crippen LogP contribution < -0.4 is 5.32 Å². The maximum Gasteiger partial charge on any atom is 0.409 e. The molecule has 1 aliphatic rings. The summed E-state index contributed by atoms with van der Waals surface area (Å²) < 4.78 is 74.1. The van der Waals surface area contributed by atoms with E-state index < -0.39 is 36.6 Å². The summed E-state index contributed by atoms with van der Waals surface area (Å²) in [5.41, 5.74) is 0. The van der Waals surface area contributed by atoms with E-state index in [-0.39, 0.29) is 19.5 Å². The highest BCUT2D eigenvalue weighted by molar-refractivity contribution is 5.82. The van der Waals surface area contributed by atoms with E-state index in [0.29, 0.717) is 4.90 Å². The van der Waals surface area contributed by atoms with E-state index >= 15 is 0 Å². The number of nitrogens with one attached hydrogen (secondary N) is 1. The Morgan fingerprint density at radius 2 is 1.63 bits per heavy atom. The fourth-order valence-corrected chi connectivity index (χ4v) is 1.64. The smallest absolute Gasteiger partial charge is 0.354 e. The number of amides is 2. The van der Waals surface area contributed by atoms with Gasteiger partial charge in [-0.3, -0.25) is 9.59 Å². The molecule has 0 unspecified atom stereocenters. The largest absolute Gasteiger partial charge is 0.409 e. The van der Waals surface area contributed by atoms with Gasteiger partial charge in [-0.15, -0.1) is 0 Å². The van der Waals surface area contributed by atoms with Crippen LogP contribution >= 0.6 is 0 Å². The first-order valence-corrected chi connectivity index (χ1v) is 5.22. The summed E-state index contributed by atoms with van der Waals surface area (Å²) in [6.07, 6.45) is -11.7. The summed E-state index contributed by atoms with van der Waals surface area (Å²) in [7, 11) is 0. The quantitative estimate of drug-likeness (QED) is 0.735. The molecule has 0 atom stereocenters. The van der Waals surface area contributed by atoms with Crippen molar-refractivity contribution in [3.8, 4) is 0 Å². The van der Waals surface area contributed by atoms with Crippen LogP contribution in [0.5, 0.6) is 0 Å². The minimum absolute atomic E-state index is 0.174. The van der Waals surface area contributed by atoms with Crippen molar-refractivity contribution in [2.24, 2.45) is 5.92 Å². The van der Waals surface area contributed by atoms with Gasteiger partial charge in [-0.1, -0.05) is 0 Å². The van der Waals surface area contributed by atoms with Crippen molar-refractivity contribution in [2.45, 2.75) is 18.8 Å². The lowest BCUT2D eigenvalue weighted by Crippen LogP contribution is -2.50. The van der Waals surface area contributed by atoms with Crippen LogP contribution in [-0.2, 0) is 9.59 Å². The monoisotopic (exact) mass is 292 g/mol. The average Bonchev–Trinajstić information content (AvgIpc) is 2.38. The van der Waals surface area contributed by atoms with E-state index in [1.54, 1.807) is 0 Å². The normalized spacial score (nSPS) is 18.3. The number of rotatable bonds is 1. The third-order valence-corrected chi connectivity index (χ3v) is 2.53. The first kappa shape index (κ1) is 15.6. The van der Waals surface area contributed by atoms with Crippen molar-refractivity contribution in [3.05, 3.63) is 0 Å². The van der Waals surface area contributed by atoms with Crippen LogP contribution in [0.1, 0.15) is 6.42 Å². The molecule has 0 bridgehead atoms. The molecule has 0 aromatic rings. The highest BCUT2D eigenvalue weighted by Gasteiger charge is 2.62. The minimum atomic E-state index is -5.71. The molecule has 2 amide bonds. The van der Waals surface area contributed by atoms with E-state index in [0.717, 1.165) is 0 Å². The SMILES string of the molecule is O=C1CCN(C(=O)C(C(F)(F)F)C(F)(F)F)CCN1. The van der Waals surface area contributed by atoms with Crippen LogP contribution in [0, 0.1) is 5.92 Å².